The topological polar surface area (TPSA) is 91.2 Å². The van der Waals surface area contributed by atoms with Crippen molar-refractivity contribution < 1.29 is 14.3 Å². The Balaban J connectivity index is 1.70. The van der Waals surface area contributed by atoms with Gasteiger partial charge in [0, 0.05) is 16.3 Å². The van der Waals surface area contributed by atoms with E-state index in [-0.39, 0.29) is 12.5 Å². The van der Waals surface area contributed by atoms with E-state index in [0.29, 0.717) is 33.6 Å². The highest BCUT2D eigenvalue weighted by molar-refractivity contribution is 6.31. The van der Waals surface area contributed by atoms with Crippen molar-refractivity contribution >= 4 is 23.2 Å². The third-order valence-electron chi connectivity index (χ3n) is 3.84. The highest BCUT2D eigenvalue weighted by Gasteiger charge is 2.12. The maximum atomic E-state index is 12.2. The number of ether oxygens (including phenoxy) is 2. The highest BCUT2D eigenvalue weighted by Crippen LogP contribution is 2.30. The lowest BCUT2D eigenvalue weighted by Crippen LogP contribution is -2.20. The number of halogens is 1. The van der Waals surface area contributed by atoms with E-state index in [1.54, 1.807) is 44.6 Å². The molecule has 0 saturated heterocycles. The van der Waals surface area contributed by atoms with Crippen molar-refractivity contribution in [2.75, 3.05) is 19.5 Å². The molecule has 0 aliphatic carbocycles. The summed E-state index contributed by atoms with van der Waals surface area (Å²) in [6.07, 6.45) is 0. The predicted molar refractivity (Wildman–Crippen MR) is 101 cm³/mol. The summed E-state index contributed by atoms with van der Waals surface area (Å²) >= 11 is 6.06. The SMILES string of the molecule is COc1ccc(-c2nnn(CC(=O)Nc3ccc(C)c(Cl)c3)n2)cc1OC. The largest absolute Gasteiger partial charge is 0.493 e. The summed E-state index contributed by atoms with van der Waals surface area (Å²) in [5, 5.41) is 15.5. The molecule has 0 aliphatic heterocycles. The minimum atomic E-state index is -0.286. The summed E-state index contributed by atoms with van der Waals surface area (Å²) < 4.78 is 10.5. The molecule has 0 unspecified atom stereocenters. The van der Waals surface area contributed by atoms with Crippen molar-refractivity contribution in [3.63, 3.8) is 0 Å². The Hall–Kier alpha value is -3.13. The van der Waals surface area contributed by atoms with Crippen LogP contribution in [0.25, 0.3) is 11.4 Å². The molecule has 0 radical (unpaired) electrons. The van der Waals surface area contributed by atoms with E-state index in [1.165, 1.54) is 4.80 Å². The zero-order chi connectivity index (χ0) is 19.4. The van der Waals surface area contributed by atoms with E-state index in [1.807, 2.05) is 13.0 Å². The Morgan fingerprint density at radius 3 is 2.63 bits per heavy atom. The van der Waals surface area contributed by atoms with Gasteiger partial charge in [0.05, 0.1) is 14.2 Å². The first-order valence-corrected chi connectivity index (χ1v) is 8.44. The first-order valence-electron chi connectivity index (χ1n) is 8.06. The number of benzene rings is 2. The Morgan fingerprint density at radius 2 is 1.93 bits per heavy atom. The Kier molecular flexibility index (Phi) is 5.56. The summed E-state index contributed by atoms with van der Waals surface area (Å²) in [6, 6.07) is 10.6. The molecular weight excluding hydrogens is 370 g/mol. The lowest BCUT2D eigenvalue weighted by atomic mass is 10.2. The van der Waals surface area contributed by atoms with Crippen molar-refractivity contribution in [3.8, 4) is 22.9 Å². The molecule has 1 N–H and O–H groups in total. The van der Waals surface area contributed by atoms with Crippen molar-refractivity contribution in [2.24, 2.45) is 0 Å². The maximum absolute atomic E-state index is 12.2. The standard InChI is InChI=1S/C18H18ClN5O3/c1-11-4-6-13(9-14(11)19)20-17(25)10-24-22-18(21-23-24)12-5-7-15(26-2)16(8-12)27-3/h4-9H,10H2,1-3H3,(H,20,25). The van der Waals surface area contributed by atoms with Crippen molar-refractivity contribution in [1.29, 1.82) is 0 Å². The fraction of sp³-hybridized carbons (Fsp3) is 0.222. The molecule has 3 rings (SSSR count). The van der Waals surface area contributed by atoms with Crippen LogP contribution in [0.3, 0.4) is 0 Å². The second-order valence-electron chi connectivity index (χ2n) is 5.73. The molecule has 0 spiro atoms. The van der Waals surface area contributed by atoms with Crippen LogP contribution in [0.2, 0.25) is 5.02 Å². The second-order valence-corrected chi connectivity index (χ2v) is 6.13. The van der Waals surface area contributed by atoms with Crippen LogP contribution in [0.4, 0.5) is 5.69 Å². The van der Waals surface area contributed by atoms with Crippen LogP contribution in [0.5, 0.6) is 11.5 Å². The first kappa shape index (κ1) is 18.7. The zero-order valence-corrected chi connectivity index (χ0v) is 15.8. The molecule has 0 atom stereocenters. The second kappa shape index (κ2) is 8.05. The quantitative estimate of drug-likeness (QED) is 0.699. The van der Waals surface area contributed by atoms with Crippen LogP contribution in [-0.2, 0) is 11.3 Å². The number of methoxy groups -OCH3 is 2. The van der Waals surface area contributed by atoms with Gasteiger partial charge in [-0.25, -0.2) is 0 Å². The summed E-state index contributed by atoms with van der Waals surface area (Å²) in [5.41, 5.74) is 2.24. The van der Waals surface area contributed by atoms with Gasteiger partial charge >= 0.3 is 0 Å². The summed E-state index contributed by atoms with van der Waals surface area (Å²) in [7, 11) is 3.11. The fourth-order valence-electron chi connectivity index (χ4n) is 2.40. The number of tetrazole rings is 1. The number of hydrogen-bond acceptors (Lipinski definition) is 6. The third kappa shape index (κ3) is 4.35. The number of rotatable bonds is 6. The number of nitrogens with zero attached hydrogens (tertiary/aromatic N) is 4. The van der Waals surface area contributed by atoms with Gasteiger partial charge in [-0.05, 0) is 48.0 Å². The van der Waals surface area contributed by atoms with Crippen LogP contribution in [-0.4, -0.2) is 40.3 Å². The molecule has 2 aromatic carbocycles. The molecule has 9 heteroatoms. The average molecular weight is 388 g/mol. The van der Waals surface area contributed by atoms with E-state index in [4.69, 9.17) is 21.1 Å². The summed E-state index contributed by atoms with van der Waals surface area (Å²) in [6.45, 7) is 1.81. The smallest absolute Gasteiger partial charge is 0.248 e. The number of amides is 1. The third-order valence-corrected chi connectivity index (χ3v) is 4.24. The van der Waals surface area contributed by atoms with E-state index >= 15 is 0 Å². The van der Waals surface area contributed by atoms with Crippen molar-refractivity contribution in [3.05, 3.63) is 47.0 Å². The number of nitrogens with one attached hydrogen (secondary N) is 1. The average Bonchev–Trinajstić information content (AvgIpc) is 3.12. The van der Waals surface area contributed by atoms with Crippen molar-refractivity contribution in [1.82, 2.24) is 20.2 Å². The number of carbonyl (C=O) groups excluding carboxylic acids is 1. The summed E-state index contributed by atoms with van der Waals surface area (Å²) in [5.74, 6) is 1.25. The highest BCUT2D eigenvalue weighted by atomic mass is 35.5. The molecule has 1 heterocycles. The van der Waals surface area contributed by atoms with E-state index in [9.17, 15) is 4.79 Å². The Labute approximate surface area is 161 Å². The molecule has 1 amide bonds. The molecule has 8 nitrogen and oxygen atoms in total. The number of hydrogen-bond donors (Lipinski definition) is 1. The van der Waals surface area contributed by atoms with Crippen LogP contribution in [0.1, 0.15) is 5.56 Å². The molecular formula is C18H18ClN5O3. The van der Waals surface area contributed by atoms with E-state index in [2.05, 4.69) is 20.7 Å². The molecule has 3 aromatic rings. The molecule has 140 valence electrons. The number of aryl methyl sites for hydroxylation is 1. The summed E-state index contributed by atoms with van der Waals surface area (Å²) in [4.78, 5) is 13.4. The van der Waals surface area contributed by atoms with Gasteiger partial charge in [0.1, 0.15) is 6.54 Å². The van der Waals surface area contributed by atoms with Gasteiger partial charge in [0.2, 0.25) is 11.7 Å². The monoisotopic (exact) mass is 387 g/mol. The number of carbonyl (C=O) groups is 1. The van der Waals surface area contributed by atoms with Crippen molar-refractivity contribution in [2.45, 2.75) is 13.5 Å². The van der Waals surface area contributed by atoms with E-state index in [0.717, 1.165) is 5.56 Å². The van der Waals surface area contributed by atoms with Gasteiger partial charge in [-0.2, -0.15) is 4.80 Å². The number of anilines is 1. The van der Waals surface area contributed by atoms with Crippen LogP contribution in [0.15, 0.2) is 36.4 Å². The molecule has 27 heavy (non-hydrogen) atoms. The Morgan fingerprint density at radius 1 is 1.15 bits per heavy atom. The Bertz CT molecular complexity index is 973. The van der Waals surface area contributed by atoms with Gasteiger partial charge < -0.3 is 14.8 Å². The van der Waals surface area contributed by atoms with E-state index < -0.39 is 0 Å². The zero-order valence-electron chi connectivity index (χ0n) is 15.1. The van der Waals surface area contributed by atoms with Crippen LogP contribution in [0, 0.1) is 6.92 Å². The first-order chi connectivity index (χ1) is 13.0. The minimum Gasteiger partial charge on any atom is -0.493 e. The van der Waals surface area contributed by atoms with Gasteiger partial charge in [-0.1, -0.05) is 17.7 Å². The van der Waals surface area contributed by atoms with Gasteiger partial charge in [0.25, 0.3) is 0 Å². The van der Waals surface area contributed by atoms with Gasteiger partial charge in [-0.3, -0.25) is 4.79 Å². The van der Waals surface area contributed by atoms with Gasteiger partial charge in [-0.15, -0.1) is 10.2 Å². The lowest BCUT2D eigenvalue weighted by Gasteiger charge is -2.07. The molecule has 0 aliphatic rings. The van der Waals surface area contributed by atoms with Crippen LogP contribution < -0.4 is 14.8 Å². The normalized spacial score (nSPS) is 10.5. The molecule has 0 fully saturated rings. The minimum absolute atomic E-state index is 0.0776. The lowest BCUT2D eigenvalue weighted by molar-refractivity contribution is -0.117. The number of aromatic nitrogens is 4. The fourth-order valence-corrected chi connectivity index (χ4v) is 2.58. The van der Waals surface area contributed by atoms with Crippen LogP contribution >= 0.6 is 11.6 Å². The maximum Gasteiger partial charge on any atom is 0.248 e. The molecule has 0 saturated carbocycles. The molecule has 0 bridgehead atoms. The predicted octanol–water partition coefficient (Wildman–Crippen LogP) is 2.96. The van der Waals surface area contributed by atoms with Gasteiger partial charge in [0.15, 0.2) is 11.5 Å². The molecule has 1 aromatic heterocycles.